The molecule has 2 rings (SSSR count). The van der Waals surface area contributed by atoms with E-state index < -0.39 is 17.8 Å². The zero-order valence-corrected chi connectivity index (χ0v) is 14.0. The van der Waals surface area contributed by atoms with E-state index in [4.69, 9.17) is 28.9 Å². The molecule has 3 N–H and O–H groups in total. The maximum atomic E-state index is 13.5. The fourth-order valence-electron chi connectivity index (χ4n) is 2.21. The van der Waals surface area contributed by atoms with E-state index in [-0.39, 0.29) is 6.54 Å². The van der Waals surface area contributed by atoms with Crippen molar-refractivity contribution in [2.45, 2.75) is 12.0 Å². The molecule has 0 heterocycles. The minimum absolute atomic E-state index is 0.163. The first-order chi connectivity index (χ1) is 9.92. The van der Waals surface area contributed by atoms with Crippen molar-refractivity contribution in [3.63, 3.8) is 0 Å². The van der Waals surface area contributed by atoms with Gasteiger partial charge in [0.25, 0.3) is 0 Å². The summed E-state index contributed by atoms with van der Waals surface area (Å²) in [7, 11) is 0. The summed E-state index contributed by atoms with van der Waals surface area (Å²) >= 11 is 15.2. The number of benzene rings is 2. The number of aliphatic hydroxyl groups is 1. The summed E-state index contributed by atoms with van der Waals surface area (Å²) in [4.78, 5) is 0. The van der Waals surface area contributed by atoms with Crippen molar-refractivity contribution in [2.24, 2.45) is 5.73 Å². The molecule has 6 heteroatoms. The SMILES string of the molecule is NCC(c1ccc(Cl)cc1Cl)C(O)c1cc(F)cc(Br)c1. The number of nitrogens with two attached hydrogens (primary N) is 1. The quantitative estimate of drug-likeness (QED) is 0.793. The fraction of sp³-hybridized carbons (Fsp3) is 0.200. The molecule has 21 heavy (non-hydrogen) atoms. The molecule has 2 atom stereocenters. The molecule has 0 fully saturated rings. The highest BCUT2D eigenvalue weighted by Gasteiger charge is 2.24. The van der Waals surface area contributed by atoms with Crippen LogP contribution in [0.4, 0.5) is 4.39 Å². The van der Waals surface area contributed by atoms with E-state index in [1.165, 1.54) is 12.1 Å². The molecule has 2 aromatic carbocycles. The van der Waals surface area contributed by atoms with Crippen LogP contribution in [-0.4, -0.2) is 11.7 Å². The van der Waals surface area contributed by atoms with Crippen LogP contribution in [0.25, 0.3) is 0 Å². The summed E-state index contributed by atoms with van der Waals surface area (Å²) in [6.45, 7) is 0.163. The van der Waals surface area contributed by atoms with E-state index in [1.807, 2.05) is 0 Å². The second-order valence-electron chi connectivity index (χ2n) is 4.66. The van der Waals surface area contributed by atoms with Crippen LogP contribution in [0.15, 0.2) is 40.9 Å². The van der Waals surface area contributed by atoms with Crippen LogP contribution in [0.1, 0.15) is 23.1 Å². The molecule has 0 aromatic heterocycles. The number of hydrogen-bond acceptors (Lipinski definition) is 2. The predicted molar refractivity (Wildman–Crippen MR) is 87.3 cm³/mol. The van der Waals surface area contributed by atoms with Crippen LogP contribution in [0.5, 0.6) is 0 Å². The Kier molecular flexibility index (Phi) is 5.63. The molecule has 0 spiro atoms. The first-order valence-corrected chi connectivity index (χ1v) is 7.76. The summed E-state index contributed by atoms with van der Waals surface area (Å²) in [5.74, 6) is -0.889. The Bertz CT molecular complexity index is 633. The van der Waals surface area contributed by atoms with Gasteiger partial charge in [0.2, 0.25) is 0 Å². The van der Waals surface area contributed by atoms with Gasteiger partial charge in [-0.1, -0.05) is 45.2 Å². The number of rotatable bonds is 4. The molecular formula is C15H13BrCl2FNO. The average molecular weight is 393 g/mol. The maximum Gasteiger partial charge on any atom is 0.124 e. The molecular weight excluding hydrogens is 380 g/mol. The summed E-state index contributed by atoms with van der Waals surface area (Å²) in [6, 6.07) is 9.25. The largest absolute Gasteiger partial charge is 0.388 e. The van der Waals surface area contributed by atoms with Gasteiger partial charge < -0.3 is 10.8 Å². The Morgan fingerprint density at radius 3 is 2.48 bits per heavy atom. The normalized spacial score (nSPS) is 14.0. The molecule has 0 aliphatic rings. The van der Waals surface area contributed by atoms with E-state index >= 15 is 0 Å². The summed E-state index contributed by atoms with van der Waals surface area (Å²) in [5, 5.41) is 11.4. The molecule has 0 amide bonds. The second kappa shape index (κ2) is 7.07. The smallest absolute Gasteiger partial charge is 0.124 e. The van der Waals surface area contributed by atoms with Crippen molar-refractivity contribution in [2.75, 3.05) is 6.54 Å². The van der Waals surface area contributed by atoms with Crippen molar-refractivity contribution in [3.05, 3.63) is 67.9 Å². The van der Waals surface area contributed by atoms with Crippen LogP contribution in [0.2, 0.25) is 10.0 Å². The molecule has 2 aromatic rings. The highest BCUT2D eigenvalue weighted by molar-refractivity contribution is 9.10. The highest BCUT2D eigenvalue weighted by atomic mass is 79.9. The van der Waals surface area contributed by atoms with Gasteiger partial charge in [0.1, 0.15) is 5.82 Å². The van der Waals surface area contributed by atoms with Gasteiger partial charge in [-0.05, 0) is 41.5 Å². The summed E-state index contributed by atoms with van der Waals surface area (Å²) < 4.78 is 14.0. The van der Waals surface area contributed by atoms with Crippen LogP contribution in [0, 0.1) is 5.82 Å². The Balaban J connectivity index is 2.40. The Hall–Kier alpha value is -0.650. The topological polar surface area (TPSA) is 46.2 Å². The maximum absolute atomic E-state index is 13.5. The lowest BCUT2D eigenvalue weighted by molar-refractivity contribution is 0.147. The Morgan fingerprint density at radius 2 is 1.90 bits per heavy atom. The summed E-state index contributed by atoms with van der Waals surface area (Å²) in [6.07, 6.45) is -0.972. The van der Waals surface area contributed by atoms with Crippen molar-refractivity contribution in [3.8, 4) is 0 Å². The van der Waals surface area contributed by atoms with Crippen molar-refractivity contribution in [1.82, 2.24) is 0 Å². The van der Waals surface area contributed by atoms with Gasteiger partial charge in [0.15, 0.2) is 0 Å². The third kappa shape index (κ3) is 3.96. The van der Waals surface area contributed by atoms with Gasteiger partial charge in [-0.25, -0.2) is 4.39 Å². The zero-order valence-electron chi connectivity index (χ0n) is 10.9. The summed E-state index contributed by atoms with van der Waals surface area (Å²) in [5.41, 5.74) is 6.88. The van der Waals surface area contributed by atoms with Crippen molar-refractivity contribution in [1.29, 1.82) is 0 Å². The fourth-order valence-corrected chi connectivity index (χ4v) is 3.24. The van der Waals surface area contributed by atoms with Crippen LogP contribution in [0.3, 0.4) is 0 Å². The lowest BCUT2D eigenvalue weighted by Gasteiger charge is -2.23. The van der Waals surface area contributed by atoms with Gasteiger partial charge in [-0.2, -0.15) is 0 Å². The van der Waals surface area contributed by atoms with Gasteiger partial charge in [0, 0.05) is 27.0 Å². The van der Waals surface area contributed by atoms with Gasteiger partial charge >= 0.3 is 0 Å². The average Bonchev–Trinajstić information content (AvgIpc) is 2.40. The van der Waals surface area contributed by atoms with Gasteiger partial charge in [-0.3, -0.25) is 0 Å². The van der Waals surface area contributed by atoms with Crippen molar-refractivity contribution >= 4 is 39.1 Å². The minimum Gasteiger partial charge on any atom is -0.388 e. The molecule has 2 unspecified atom stereocenters. The number of aliphatic hydroxyl groups excluding tert-OH is 1. The standard InChI is InChI=1S/C15H13BrCl2FNO/c16-9-3-8(4-11(19)5-9)15(21)13(7-20)12-2-1-10(17)6-14(12)18/h1-6,13,15,21H,7,20H2. The van der Waals surface area contributed by atoms with Gasteiger partial charge in [0.05, 0.1) is 6.10 Å². The third-order valence-corrected chi connectivity index (χ3v) is 4.24. The van der Waals surface area contributed by atoms with E-state index in [0.717, 1.165) is 0 Å². The number of halogens is 4. The molecule has 0 radical (unpaired) electrons. The second-order valence-corrected chi connectivity index (χ2v) is 6.41. The van der Waals surface area contributed by atoms with Crippen molar-refractivity contribution < 1.29 is 9.50 Å². The molecule has 0 aliphatic heterocycles. The van der Waals surface area contributed by atoms with E-state index in [1.54, 1.807) is 24.3 Å². The predicted octanol–water partition coefficient (Wildman–Crippen LogP) is 4.67. The first-order valence-electron chi connectivity index (χ1n) is 6.21. The lowest BCUT2D eigenvalue weighted by atomic mass is 9.89. The molecule has 0 saturated carbocycles. The molecule has 0 saturated heterocycles. The van der Waals surface area contributed by atoms with E-state index in [2.05, 4.69) is 15.9 Å². The van der Waals surface area contributed by atoms with Crippen LogP contribution < -0.4 is 5.73 Å². The van der Waals surface area contributed by atoms with E-state index in [9.17, 15) is 9.50 Å². The van der Waals surface area contributed by atoms with Crippen LogP contribution in [-0.2, 0) is 0 Å². The molecule has 0 aliphatic carbocycles. The van der Waals surface area contributed by atoms with Gasteiger partial charge in [-0.15, -0.1) is 0 Å². The monoisotopic (exact) mass is 391 g/mol. The third-order valence-electron chi connectivity index (χ3n) is 3.22. The Labute approximate surface area is 140 Å². The first kappa shape index (κ1) is 16.7. The molecule has 0 bridgehead atoms. The van der Waals surface area contributed by atoms with E-state index in [0.29, 0.717) is 25.6 Å². The molecule has 2 nitrogen and oxygen atoms in total. The highest BCUT2D eigenvalue weighted by Crippen LogP contribution is 2.36. The zero-order chi connectivity index (χ0) is 15.6. The Morgan fingerprint density at radius 1 is 1.19 bits per heavy atom. The minimum atomic E-state index is -0.972. The van der Waals surface area contributed by atoms with Crippen LogP contribution >= 0.6 is 39.1 Å². The molecule has 112 valence electrons. The lowest BCUT2D eigenvalue weighted by Crippen LogP contribution is -2.20. The number of hydrogen-bond donors (Lipinski definition) is 2.